The van der Waals surface area contributed by atoms with Crippen LogP contribution >= 0.6 is 11.6 Å². The first kappa shape index (κ1) is 14.3. The molecule has 1 heterocycles. The highest BCUT2D eigenvalue weighted by Crippen LogP contribution is 2.37. The first-order valence-electron chi connectivity index (χ1n) is 7.15. The van der Waals surface area contributed by atoms with Crippen LogP contribution < -0.4 is 14.9 Å². The number of hydrogen-bond acceptors (Lipinski definition) is 3. The van der Waals surface area contributed by atoms with Crippen LogP contribution in [0.4, 0.5) is 0 Å². The number of halogens is 1. The molecule has 0 amide bonds. The Bertz CT molecular complexity index is 751. The highest BCUT2D eigenvalue weighted by atomic mass is 35.5. The van der Waals surface area contributed by atoms with Gasteiger partial charge in [0, 0.05) is 17.3 Å². The molecule has 0 bridgehead atoms. The topological polar surface area (TPSA) is 51.3 Å². The molecule has 112 valence electrons. The van der Waals surface area contributed by atoms with Gasteiger partial charge in [-0.15, -0.1) is 0 Å². The quantitative estimate of drug-likeness (QED) is 0.864. The van der Waals surface area contributed by atoms with Crippen LogP contribution in [0.5, 0.6) is 11.5 Å². The van der Waals surface area contributed by atoms with E-state index in [9.17, 15) is 4.79 Å². The number of ether oxygens (including phenoxy) is 2. The minimum atomic E-state index is 0.0123. The Balaban J connectivity index is 2.44. The molecular formula is C16H18ClNO3. The molecule has 1 aromatic carbocycles. The predicted molar refractivity (Wildman–Crippen MR) is 83.9 cm³/mol. The SMILES string of the molecule is COc1cc(Cl)c(OC)c2c(=O)c3c([nH]c12)CCCCC3. The minimum absolute atomic E-state index is 0.0123. The molecule has 1 aromatic heterocycles. The van der Waals surface area contributed by atoms with Crippen molar-refractivity contribution in [2.75, 3.05) is 14.2 Å². The lowest BCUT2D eigenvalue weighted by Crippen LogP contribution is -2.15. The van der Waals surface area contributed by atoms with Gasteiger partial charge in [0.15, 0.2) is 11.2 Å². The van der Waals surface area contributed by atoms with Crippen LogP contribution in [0, 0.1) is 0 Å². The summed E-state index contributed by atoms with van der Waals surface area (Å²) in [6.07, 6.45) is 4.99. The Labute approximate surface area is 128 Å². The number of benzene rings is 1. The standard InChI is InChI=1S/C16H18ClNO3/c1-20-12-8-10(17)16(21-2)13-14(12)18-11-7-5-3-4-6-9(11)15(13)19/h8H,3-7H2,1-2H3,(H,18,19). The van der Waals surface area contributed by atoms with Gasteiger partial charge in [0.05, 0.1) is 30.1 Å². The summed E-state index contributed by atoms with van der Waals surface area (Å²) in [5, 5.41) is 0.878. The molecule has 0 aliphatic heterocycles. The molecule has 1 aliphatic rings. The zero-order chi connectivity index (χ0) is 15.0. The second-order valence-electron chi connectivity index (χ2n) is 5.32. The van der Waals surface area contributed by atoms with Crippen LogP contribution in [-0.4, -0.2) is 19.2 Å². The van der Waals surface area contributed by atoms with E-state index in [0.29, 0.717) is 27.4 Å². The molecule has 5 heteroatoms. The van der Waals surface area contributed by atoms with Gasteiger partial charge in [0.2, 0.25) is 0 Å². The zero-order valence-corrected chi connectivity index (χ0v) is 13.0. The maximum Gasteiger partial charge on any atom is 0.196 e. The van der Waals surface area contributed by atoms with E-state index in [0.717, 1.165) is 43.4 Å². The third-order valence-electron chi connectivity index (χ3n) is 4.12. The fourth-order valence-electron chi connectivity index (χ4n) is 3.08. The van der Waals surface area contributed by atoms with E-state index in [1.165, 1.54) is 7.11 Å². The van der Waals surface area contributed by atoms with Crippen molar-refractivity contribution in [1.82, 2.24) is 4.98 Å². The molecular weight excluding hydrogens is 290 g/mol. The van der Waals surface area contributed by atoms with Crippen molar-refractivity contribution in [2.45, 2.75) is 32.1 Å². The molecule has 0 fully saturated rings. The van der Waals surface area contributed by atoms with Crippen LogP contribution in [0.25, 0.3) is 10.9 Å². The summed E-state index contributed by atoms with van der Waals surface area (Å²) < 4.78 is 10.7. The zero-order valence-electron chi connectivity index (χ0n) is 12.2. The number of fused-ring (bicyclic) bond motifs is 2. The number of H-pyrrole nitrogens is 1. The summed E-state index contributed by atoms with van der Waals surface area (Å²) in [6.45, 7) is 0. The van der Waals surface area contributed by atoms with Gasteiger partial charge < -0.3 is 14.5 Å². The lowest BCUT2D eigenvalue weighted by atomic mass is 10.0. The van der Waals surface area contributed by atoms with Gasteiger partial charge in [0.25, 0.3) is 0 Å². The normalized spacial score (nSPS) is 14.6. The van der Waals surface area contributed by atoms with Crippen LogP contribution in [0.15, 0.2) is 10.9 Å². The van der Waals surface area contributed by atoms with Crippen LogP contribution in [-0.2, 0) is 12.8 Å². The Morgan fingerprint density at radius 2 is 1.90 bits per heavy atom. The summed E-state index contributed by atoms with van der Waals surface area (Å²) in [5.41, 5.74) is 2.57. The van der Waals surface area contributed by atoms with Crippen LogP contribution in [0.2, 0.25) is 5.02 Å². The highest BCUT2D eigenvalue weighted by Gasteiger charge is 2.21. The smallest absolute Gasteiger partial charge is 0.196 e. The highest BCUT2D eigenvalue weighted by molar-refractivity contribution is 6.33. The van der Waals surface area contributed by atoms with Gasteiger partial charge in [-0.05, 0) is 25.7 Å². The monoisotopic (exact) mass is 307 g/mol. The number of methoxy groups -OCH3 is 2. The average Bonchev–Trinajstić information content (AvgIpc) is 2.73. The molecule has 3 rings (SSSR count). The molecule has 0 saturated heterocycles. The third kappa shape index (κ3) is 2.27. The van der Waals surface area contributed by atoms with Gasteiger partial charge in [-0.3, -0.25) is 4.79 Å². The van der Waals surface area contributed by atoms with Crippen LogP contribution in [0.1, 0.15) is 30.5 Å². The first-order chi connectivity index (χ1) is 10.2. The molecule has 1 N–H and O–H groups in total. The van der Waals surface area contributed by atoms with E-state index < -0.39 is 0 Å². The van der Waals surface area contributed by atoms with E-state index in [4.69, 9.17) is 21.1 Å². The molecule has 0 unspecified atom stereocenters. The van der Waals surface area contributed by atoms with Gasteiger partial charge in [-0.25, -0.2) is 0 Å². The van der Waals surface area contributed by atoms with E-state index >= 15 is 0 Å². The fourth-order valence-corrected chi connectivity index (χ4v) is 3.35. The summed E-state index contributed by atoms with van der Waals surface area (Å²) in [5.74, 6) is 0.987. The molecule has 0 saturated carbocycles. The second kappa shape index (κ2) is 5.60. The fraction of sp³-hybridized carbons (Fsp3) is 0.438. The summed E-state index contributed by atoms with van der Waals surface area (Å²) in [4.78, 5) is 16.3. The number of rotatable bonds is 2. The van der Waals surface area contributed by atoms with Crippen molar-refractivity contribution >= 4 is 22.5 Å². The van der Waals surface area contributed by atoms with E-state index in [-0.39, 0.29) is 5.43 Å². The molecule has 1 aliphatic carbocycles. The van der Waals surface area contributed by atoms with Crippen molar-refractivity contribution in [3.8, 4) is 11.5 Å². The Hall–Kier alpha value is -1.68. The second-order valence-corrected chi connectivity index (χ2v) is 5.72. The van der Waals surface area contributed by atoms with Crippen LogP contribution in [0.3, 0.4) is 0 Å². The van der Waals surface area contributed by atoms with Gasteiger partial charge in [-0.1, -0.05) is 18.0 Å². The largest absolute Gasteiger partial charge is 0.494 e. The summed E-state index contributed by atoms with van der Waals surface area (Å²) in [7, 11) is 3.10. The molecule has 0 atom stereocenters. The number of nitrogens with one attached hydrogen (secondary N) is 1. The molecule has 0 radical (unpaired) electrons. The lowest BCUT2D eigenvalue weighted by molar-refractivity contribution is 0.409. The van der Waals surface area contributed by atoms with Crippen molar-refractivity contribution in [1.29, 1.82) is 0 Å². The van der Waals surface area contributed by atoms with Gasteiger partial charge in [0.1, 0.15) is 5.75 Å². The Morgan fingerprint density at radius 3 is 2.62 bits per heavy atom. The van der Waals surface area contributed by atoms with Crippen molar-refractivity contribution in [3.63, 3.8) is 0 Å². The predicted octanol–water partition coefficient (Wildman–Crippen LogP) is 3.47. The van der Waals surface area contributed by atoms with Gasteiger partial charge in [-0.2, -0.15) is 0 Å². The molecule has 21 heavy (non-hydrogen) atoms. The maximum absolute atomic E-state index is 12.9. The van der Waals surface area contributed by atoms with Crippen molar-refractivity contribution in [3.05, 3.63) is 32.6 Å². The summed E-state index contributed by atoms with van der Waals surface area (Å²) >= 11 is 6.22. The number of hydrogen-bond donors (Lipinski definition) is 1. The first-order valence-corrected chi connectivity index (χ1v) is 7.53. The minimum Gasteiger partial charge on any atom is -0.494 e. The lowest BCUT2D eigenvalue weighted by Gasteiger charge is -2.14. The van der Waals surface area contributed by atoms with E-state index in [1.807, 2.05) is 0 Å². The van der Waals surface area contributed by atoms with Crippen molar-refractivity contribution < 1.29 is 9.47 Å². The Morgan fingerprint density at radius 1 is 1.14 bits per heavy atom. The third-order valence-corrected chi connectivity index (χ3v) is 4.40. The molecule has 4 nitrogen and oxygen atoms in total. The number of aromatic amines is 1. The average molecular weight is 308 g/mol. The summed E-state index contributed by atoms with van der Waals surface area (Å²) in [6, 6.07) is 1.68. The Kier molecular flexibility index (Phi) is 3.81. The number of aromatic nitrogens is 1. The van der Waals surface area contributed by atoms with Gasteiger partial charge >= 0.3 is 0 Å². The number of aryl methyl sites for hydroxylation is 1. The van der Waals surface area contributed by atoms with E-state index in [2.05, 4.69) is 4.98 Å². The maximum atomic E-state index is 12.9. The molecule has 0 spiro atoms. The van der Waals surface area contributed by atoms with E-state index in [1.54, 1.807) is 13.2 Å². The molecule has 2 aromatic rings. The number of pyridine rings is 1. The van der Waals surface area contributed by atoms with Crippen molar-refractivity contribution in [2.24, 2.45) is 0 Å².